The Hall–Kier alpha value is -2.81. The zero-order chi connectivity index (χ0) is 18.5. The third kappa shape index (κ3) is 4.23. The van der Waals surface area contributed by atoms with Gasteiger partial charge in [0.25, 0.3) is 5.91 Å². The molecule has 26 heavy (non-hydrogen) atoms. The van der Waals surface area contributed by atoms with Crippen LogP contribution in [0.25, 0.3) is 11.8 Å². The predicted octanol–water partition coefficient (Wildman–Crippen LogP) is 5.44. The minimum absolute atomic E-state index is 0.00189. The van der Waals surface area contributed by atoms with Crippen molar-refractivity contribution in [3.05, 3.63) is 87.6 Å². The van der Waals surface area contributed by atoms with Gasteiger partial charge in [-0.2, -0.15) is 5.26 Å². The summed E-state index contributed by atoms with van der Waals surface area (Å²) in [7, 11) is 0. The molecule has 1 amide bonds. The van der Waals surface area contributed by atoms with Gasteiger partial charge in [-0.05, 0) is 60.7 Å². The van der Waals surface area contributed by atoms with Crippen LogP contribution in [-0.2, 0) is 4.79 Å². The number of nitriles is 1. The largest absolute Gasteiger partial charge is 0.321 e. The smallest absolute Gasteiger partial charge is 0.266 e. The number of nitrogens with zero attached hydrogens (tertiary/aromatic N) is 2. The van der Waals surface area contributed by atoms with Gasteiger partial charge >= 0.3 is 0 Å². The Bertz CT molecular complexity index is 1020. The van der Waals surface area contributed by atoms with Crippen molar-refractivity contribution < 1.29 is 4.79 Å². The highest BCUT2D eigenvalue weighted by atomic mass is 79.9. The van der Waals surface area contributed by atoms with Gasteiger partial charge in [0.2, 0.25) is 0 Å². The van der Waals surface area contributed by atoms with Crippen LogP contribution in [0.5, 0.6) is 0 Å². The number of aromatic nitrogens is 1. The SMILES string of the molecule is N#C/C(=C/c1cccn1-c1ccc(Br)cc1)C(=O)Nc1cccc(Cl)c1. The number of amides is 1. The number of anilines is 1. The highest BCUT2D eigenvalue weighted by Crippen LogP contribution is 2.19. The van der Waals surface area contributed by atoms with Crippen molar-refractivity contribution in [2.75, 3.05) is 5.32 Å². The van der Waals surface area contributed by atoms with Gasteiger partial charge in [-0.15, -0.1) is 0 Å². The maximum absolute atomic E-state index is 12.4. The molecule has 128 valence electrons. The molecular weight excluding hydrogens is 414 g/mol. The zero-order valence-corrected chi connectivity index (χ0v) is 15.8. The summed E-state index contributed by atoms with van der Waals surface area (Å²) in [6, 6.07) is 20.2. The number of hydrogen-bond donors (Lipinski definition) is 1. The summed E-state index contributed by atoms with van der Waals surface area (Å²) in [5, 5.41) is 12.6. The Morgan fingerprint density at radius 1 is 1.15 bits per heavy atom. The second-order valence-corrected chi connectivity index (χ2v) is 6.77. The molecule has 0 atom stereocenters. The van der Waals surface area contributed by atoms with Gasteiger partial charge in [0.1, 0.15) is 11.6 Å². The molecule has 0 aliphatic rings. The van der Waals surface area contributed by atoms with Crippen LogP contribution in [0, 0.1) is 11.3 Å². The van der Waals surface area contributed by atoms with Crippen molar-refractivity contribution >= 4 is 45.2 Å². The maximum Gasteiger partial charge on any atom is 0.266 e. The maximum atomic E-state index is 12.4. The van der Waals surface area contributed by atoms with Crippen molar-refractivity contribution in [1.82, 2.24) is 4.57 Å². The first kappa shape index (κ1) is 18.0. The lowest BCUT2D eigenvalue weighted by atomic mass is 10.2. The molecule has 1 aromatic heterocycles. The van der Waals surface area contributed by atoms with E-state index in [1.807, 2.05) is 53.2 Å². The Balaban J connectivity index is 1.88. The predicted molar refractivity (Wildman–Crippen MR) is 107 cm³/mol. The first-order valence-electron chi connectivity index (χ1n) is 7.69. The van der Waals surface area contributed by atoms with E-state index in [1.165, 1.54) is 0 Å². The lowest BCUT2D eigenvalue weighted by Crippen LogP contribution is -2.13. The van der Waals surface area contributed by atoms with E-state index >= 15 is 0 Å². The summed E-state index contributed by atoms with van der Waals surface area (Å²) in [6.45, 7) is 0. The summed E-state index contributed by atoms with van der Waals surface area (Å²) in [4.78, 5) is 12.4. The summed E-state index contributed by atoms with van der Waals surface area (Å²) in [6.07, 6.45) is 3.43. The quantitative estimate of drug-likeness (QED) is 0.446. The number of halogens is 2. The molecule has 0 saturated heterocycles. The van der Waals surface area contributed by atoms with Crippen molar-refractivity contribution in [2.24, 2.45) is 0 Å². The topological polar surface area (TPSA) is 57.8 Å². The summed E-state index contributed by atoms with van der Waals surface area (Å²) >= 11 is 9.33. The fraction of sp³-hybridized carbons (Fsp3) is 0. The van der Waals surface area contributed by atoms with Crippen LogP contribution in [0.3, 0.4) is 0 Å². The van der Waals surface area contributed by atoms with Crippen LogP contribution in [0.2, 0.25) is 5.02 Å². The third-order valence-corrected chi connectivity index (χ3v) is 4.39. The molecule has 0 saturated carbocycles. The van der Waals surface area contributed by atoms with Crippen LogP contribution >= 0.6 is 27.5 Å². The average molecular weight is 427 g/mol. The average Bonchev–Trinajstić information content (AvgIpc) is 3.08. The number of carbonyl (C=O) groups excluding carboxylic acids is 1. The third-order valence-electron chi connectivity index (χ3n) is 3.62. The Morgan fingerprint density at radius 3 is 2.62 bits per heavy atom. The fourth-order valence-electron chi connectivity index (χ4n) is 2.41. The van der Waals surface area contributed by atoms with E-state index in [0.717, 1.165) is 15.9 Å². The van der Waals surface area contributed by atoms with E-state index < -0.39 is 5.91 Å². The number of rotatable bonds is 4. The van der Waals surface area contributed by atoms with E-state index in [1.54, 1.807) is 30.3 Å². The molecule has 6 heteroatoms. The van der Waals surface area contributed by atoms with Gasteiger partial charge in [-0.1, -0.05) is 33.6 Å². The van der Waals surface area contributed by atoms with Crippen LogP contribution in [0.4, 0.5) is 5.69 Å². The second kappa shape index (κ2) is 8.05. The molecule has 0 bridgehead atoms. The van der Waals surface area contributed by atoms with Crippen LogP contribution in [0.15, 0.2) is 76.9 Å². The molecule has 0 unspecified atom stereocenters. The summed E-state index contributed by atoms with van der Waals surface area (Å²) < 4.78 is 2.88. The second-order valence-electron chi connectivity index (χ2n) is 5.41. The number of benzene rings is 2. The van der Waals surface area contributed by atoms with Crippen LogP contribution < -0.4 is 5.32 Å². The highest BCUT2D eigenvalue weighted by molar-refractivity contribution is 9.10. The lowest BCUT2D eigenvalue weighted by Gasteiger charge is -2.08. The van der Waals surface area contributed by atoms with Crippen molar-refractivity contribution in [1.29, 1.82) is 5.26 Å². The van der Waals surface area contributed by atoms with E-state index in [2.05, 4.69) is 21.2 Å². The van der Waals surface area contributed by atoms with Gasteiger partial charge in [0.15, 0.2) is 0 Å². The highest BCUT2D eigenvalue weighted by Gasteiger charge is 2.11. The minimum Gasteiger partial charge on any atom is -0.321 e. The molecule has 0 aliphatic heterocycles. The molecule has 0 radical (unpaired) electrons. The molecule has 2 aromatic carbocycles. The number of carbonyl (C=O) groups is 1. The summed E-state index contributed by atoms with van der Waals surface area (Å²) in [5.74, 6) is -0.488. The van der Waals surface area contributed by atoms with Crippen molar-refractivity contribution in [2.45, 2.75) is 0 Å². The molecule has 1 heterocycles. The fourth-order valence-corrected chi connectivity index (χ4v) is 2.86. The van der Waals surface area contributed by atoms with Gasteiger partial charge in [0.05, 0.1) is 0 Å². The van der Waals surface area contributed by atoms with Gasteiger partial charge < -0.3 is 9.88 Å². The molecule has 3 rings (SSSR count). The molecule has 3 aromatic rings. The monoisotopic (exact) mass is 425 g/mol. The van der Waals surface area contributed by atoms with E-state index in [4.69, 9.17) is 11.6 Å². The molecule has 4 nitrogen and oxygen atoms in total. The first-order valence-corrected chi connectivity index (χ1v) is 8.86. The van der Waals surface area contributed by atoms with Crippen LogP contribution in [0.1, 0.15) is 5.69 Å². The Kier molecular flexibility index (Phi) is 5.57. The van der Waals surface area contributed by atoms with E-state index in [-0.39, 0.29) is 5.57 Å². The normalized spacial score (nSPS) is 11.0. The van der Waals surface area contributed by atoms with Crippen molar-refractivity contribution in [3.63, 3.8) is 0 Å². The van der Waals surface area contributed by atoms with Crippen molar-refractivity contribution in [3.8, 4) is 11.8 Å². The molecule has 0 aliphatic carbocycles. The van der Waals surface area contributed by atoms with E-state index in [9.17, 15) is 10.1 Å². The Morgan fingerprint density at radius 2 is 1.92 bits per heavy atom. The summed E-state index contributed by atoms with van der Waals surface area (Å²) in [5.41, 5.74) is 2.19. The molecule has 0 fully saturated rings. The first-order chi connectivity index (χ1) is 12.6. The van der Waals surface area contributed by atoms with Gasteiger partial charge in [0, 0.05) is 32.8 Å². The lowest BCUT2D eigenvalue weighted by molar-refractivity contribution is -0.112. The molecule has 1 N–H and O–H groups in total. The van der Waals surface area contributed by atoms with Gasteiger partial charge in [-0.3, -0.25) is 4.79 Å². The van der Waals surface area contributed by atoms with Crippen LogP contribution in [-0.4, -0.2) is 10.5 Å². The number of nitrogens with one attached hydrogen (secondary N) is 1. The molecular formula is C20H13BrClN3O. The Labute approximate surface area is 164 Å². The van der Waals surface area contributed by atoms with E-state index in [0.29, 0.717) is 10.7 Å². The zero-order valence-electron chi connectivity index (χ0n) is 13.5. The van der Waals surface area contributed by atoms with Gasteiger partial charge in [-0.25, -0.2) is 0 Å². The number of hydrogen-bond acceptors (Lipinski definition) is 2. The molecule has 0 spiro atoms. The minimum atomic E-state index is -0.488. The standard InChI is InChI=1S/C20H13BrClN3O/c21-15-6-8-18(9-7-15)25-10-2-5-19(25)11-14(13-23)20(26)24-17-4-1-3-16(22)12-17/h1-12H,(H,24,26)/b14-11-.